The van der Waals surface area contributed by atoms with Crippen molar-refractivity contribution in [1.82, 2.24) is 4.98 Å². The van der Waals surface area contributed by atoms with Gasteiger partial charge >= 0.3 is 0 Å². The number of hydrogen-bond donors (Lipinski definition) is 1. The van der Waals surface area contributed by atoms with E-state index in [-0.39, 0.29) is 5.91 Å². The molecule has 1 amide bonds. The van der Waals surface area contributed by atoms with Crippen molar-refractivity contribution in [2.24, 2.45) is 0 Å². The van der Waals surface area contributed by atoms with Gasteiger partial charge in [0.25, 0.3) is 0 Å². The van der Waals surface area contributed by atoms with Gasteiger partial charge in [0.1, 0.15) is 11.6 Å². The SMILES string of the molecule is COc1ccc(CC(=O)Nc2ccccn2)cc1. The highest BCUT2D eigenvalue weighted by molar-refractivity contribution is 5.91. The molecule has 0 saturated heterocycles. The fraction of sp³-hybridized carbons (Fsp3) is 0.143. The Kier molecular flexibility index (Phi) is 3.91. The molecule has 0 aliphatic carbocycles. The Morgan fingerprint density at radius 2 is 2.00 bits per heavy atom. The number of amides is 1. The van der Waals surface area contributed by atoms with E-state index < -0.39 is 0 Å². The molecule has 1 aromatic carbocycles. The highest BCUT2D eigenvalue weighted by Crippen LogP contribution is 2.12. The molecule has 4 nitrogen and oxygen atoms in total. The zero-order chi connectivity index (χ0) is 12.8. The number of nitrogens with zero attached hydrogens (tertiary/aromatic N) is 1. The molecule has 0 bridgehead atoms. The number of anilines is 1. The van der Waals surface area contributed by atoms with Crippen LogP contribution in [-0.2, 0) is 11.2 Å². The van der Waals surface area contributed by atoms with Gasteiger partial charge in [0.15, 0.2) is 0 Å². The van der Waals surface area contributed by atoms with Crippen molar-refractivity contribution in [1.29, 1.82) is 0 Å². The van der Waals surface area contributed by atoms with Crippen LogP contribution in [0.4, 0.5) is 5.82 Å². The standard InChI is InChI=1S/C14H14N2O2/c1-18-12-7-5-11(6-8-12)10-14(17)16-13-4-2-3-9-15-13/h2-9H,10H2,1H3,(H,15,16,17). The van der Waals surface area contributed by atoms with Gasteiger partial charge in [0, 0.05) is 6.20 Å². The van der Waals surface area contributed by atoms with Crippen molar-refractivity contribution >= 4 is 11.7 Å². The second-order valence-electron chi connectivity index (χ2n) is 3.79. The number of methoxy groups -OCH3 is 1. The fourth-order valence-electron chi connectivity index (χ4n) is 1.55. The minimum atomic E-state index is -0.0844. The van der Waals surface area contributed by atoms with Crippen molar-refractivity contribution < 1.29 is 9.53 Å². The maximum Gasteiger partial charge on any atom is 0.229 e. The van der Waals surface area contributed by atoms with Crippen LogP contribution in [-0.4, -0.2) is 18.0 Å². The van der Waals surface area contributed by atoms with Gasteiger partial charge in [-0.1, -0.05) is 18.2 Å². The Balaban J connectivity index is 1.94. The van der Waals surface area contributed by atoms with Crippen LogP contribution >= 0.6 is 0 Å². The monoisotopic (exact) mass is 242 g/mol. The van der Waals surface area contributed by atoms with E-state index in [1.165, 1.54) is 0 Å². The van der Waals surface area contributed by atoms with Gasteiger partial charge in [-0.05, 0) is 29.8 Å². The molecule has 0 aliphatic rings. The summed E-state index contributed by atoms with van der Waals surface area (Å²) >= 11 is 0. The number of carbonyl (C=O) groups is 1. The van der Waals surface area contributed by atoms with Crippen molar-refractivity contribution in [3.63, 3.8) is 0 Å². The minimum Gasteiger partial charge on any atom is -0.497 e. The highest BCUT2D eigenvalue weighted by Gasteiger charge is 2.04. The van der Waals surface area contributed by atoms with Crippen molar-refractivity contribution in [3.8, 4) is 5.75 Å². The molecule has 1 aromatic heterocycles. The molecular weight excluding hydrogens is 228 g/mol. The number of ether oxygens (including phenoxy) is 1. The number of rotatable bonds is 4. The Labute approximate surface area is 106 Å². The lowest BCUT2D eigenvalue weighted by Crippen LogP contribution is -2.15. The first-order chi connectivity index (χ1) is 8.78. The molecule has 2 aromatic rings. The van der Waals surface area contributed by atoms with Gasteiger partial charge in [-0.15, -0.1) is 0 Å². The Morgan fingerprint density at radius 3 is 2.61 bits per heavy atom. The van der Waals surface area contributed by atoms with E-state index in [4.69, 9.17) is 4.74 Å². The van der Waals surface area contributed by atoms with E-state index in [9.17, 15) is 4.79 Å². The normalized spacial score (nSPS) is 9.83. The number of aromatic nitrogens is 1. The average molecular weight is 242 g/mol. The van der Waals surface area contributed by atoms with Crippen LogP contribution in [0.3, 0.4) is 0 Å². The molecule has 92 valence electrons. The van der Waals surface area contributed by atoms with Crippen molar-refractivity contribution in [2.45, 2.75) is 6.42 Å². The molecule has 4 heteroatoms. The van der Waals surface area contributed by atoms with Crippen molar-refractivity contribution in [2.75, 3.05) is 12.4 Å². The molecule has 0 fully saturated rings. The molecule has 0 radical (unpaired) electrons. The van der Waals surface area contributed by atoms with E-state index in [2.05, 4.69) is 10.3 Å². The first-order valence-electron chi connectivity index (χ1n) is 5.62. The predicted molar refractivity (Wildman–Crippen MR) is 69.6 cm³/mol. The van der Waals surface area contributed by atoms with Crippen LogP contribution in [0.15, 0.2) is 48.7 Å². The molecule has 0 spiro atoms. The molecule has 0 aliphatic heterocycles. The van der Waals surface area contributed by atoms with Gasteiger partial charge in [-0.3, -0.25) is 4.79 Å². The van der Waals surface area contributed by atoms with Gasteiger partial charge < -0.3 is 10.1 Å². The predicted octanol–water partition coefficient (Wildman–Crippen LogP) is 2.27. The summed E-state index contributed by atoms with van der Waals surface area (Å²) in [6, 6.07) is 12.8. The Hall–Kier alpha value is -2.36. The maximum atomic E-state index is 11.8. The van der Waals surface area contributed by atoms with Gasteiger partial charge in [-0.2, -0.15) is 0 Å². The molecule has 0 atom stereocenters. The smallest absolute Gasteiger partial charge is 0.229 e. The summed E-state index contributed by atoms with van der Waals surface area (Å²) in [6.07, 6.45) is 1.96. The van der Waals surface area contributed by atoms with Crippen LogP contribution < -0.4 is 10.1 Å². The second kappa shape index (κ2) is 5.82. The molecule has 0 saturated carbocycles. The number of nitrogens with one attached hydrogen (secondary N) is 1. The Morgan fingerprint density at radius 1 is 1.22 bits per heavy atom. The largest absolute Gasteiger partial charge is 0.497 e. The summed E-state index contributed by atoms with van der Waals surface area (Å²) in [4.78, 5) is 15.8. The van der Waals surface area contributed by atoms with Gasteiger partial charge in [0.05, 0.1) is 13.5 Å². The topological polar surface area (TPSA) is 51.2 Å². The summed E-state index contributed by atoms with van der Waals surface area (Å²) in [5.74, 6) is 1.26. The summed E-state index contributed by atoms with van der Waals surface area (Å²) in [5, 5.41) is 2.74. The minimum absolute atomic E-state index is 0.0844. The molecule has 0 unspecified atom stereocenters. The van der Waals surface area contributed by atoms with Crippen LogP contribution in [0.2, 0.25) is 0 Å². The third kappa shape index (κ3) is 3.31. The first-order valence-corrected chi connectivity index (χ1v) is 5.62. The fourth-order valence-corrected chi connectivity index (χ4v) is 1.55. The second-order valence-corrected chi connectivity index (χ2v) is 3.79. The van der Waals surface area contributed by atoms with E-state index in [1.807, 2.05) is 30.3 Å². The molecule has 1 heterocycles. The summed E-state index contributed by atoms with van der Waals surface area (Å²) in [5.41, 5.74) is 0.934. The summed E-state index contributed by atoms with van der Waals surface area (Å²) < 4.78 is 5.06. The summed E-state index contributed by atoms with van der Waals surface area (Å²) in [6.45, 7) is 0. The maximum absolute atomic E-state index is 11.8. The van der Waals surface area contributed by atoms with Crippen LogP contribution in [0, 0.1) is 0 Å². The lowest BCUT2D eigenvalue weighted by molar-refractivity contribution is -0.115. The van der Waals surface area contributed by atoms with Gasteiger partial charge in [-0.25, -0.2) is 4.98 Å². The van der Waals surface area contributed by atoms with Crippen LogP contribution in [0.1, 0.15) is 5.56 Å². The average Bonchev–Trinajstić information content (AvgIpc) is 2.40. The number of hydrogen-bond acceptors (Lipinski definition) is 3. The summed E-state index contributed by atoms with van der Waals surface area (Å²) in [7, 11) is 1.61. The highest BCUT2D eigenvalue weighted by atomic mass is 16.5. The molecule has 18 heavy (non-hydrogen) atoms. The van der Waals surface area contributed by atoms with Crippen LogP contribution in [0.25, 0.3) is 0 Å². The van der Waals surface area contributed by atoms with E-state index in [0.29, 0.717) is 12.2 Å². The number of carbonyl (C=O) groups excluding carboxylic acids is 1. The first kappa shape index (κ1) is 12.1. The molecular formula is C14H14N2O2. The zero-order valence-electron chi connectivity index (χ0n) is 10.1. The lowest BCUT2D eigenvalue weighted by Gasteiger charge is -2.05. The lowest BCUT2D eigenvalue weighted by atomic mass is 10.1. The Bertz CT molecular complexity index is 509. The third-order valence-corrected chi connectivity index (χ3v) is 2.46. The quantitative estimate of drug-likeness (QED) is 0.894. The third-order valence-electron chi connectivity index (χ3n) is 2.46. The van der Waals surface area contributed by atoms with E-state index in [1.54, 1.807) is 25.4 Å². The zero-order valence-corrected chi connectivity index (χ0v) is 10.1. The number of benzene rings is 1. The van der Waals surface area contributed by atoms with Crippen molar-refractivity contribution in [3.05, 3.63) is 54.2 Å². The number of pyridine rings is 1. The van der Waals surface area contributed by atoms with Gasteiger partial charge in [0.2, 0.25) is 5.91 Å². The van der Waals surface area contributed by atoms with E-state index >= 15 is 0 Å². The molecule has 2 rings (SSSR count). The van der Waals surface area contributed by atoms with E-state index in [0.717, 1.165) is 11.3 Å². The molecule has 1 N–H and O–H groups in total. The van der Waals surface area contributed by atoms with Crippen LogP contribution in [0.5, 0.6) is 5.75 Å².